The van der Waals surface area contributed by atoms with Gasteiger partial charge in [0.25, 0.3) is 0 Å². The molecule has 1 radical (unpaired) electrons. The lowest BCUT2D eigenvalue weighted by Gasteiger charge is -2.25. The summed E-state index contributed by atoms with van der Waals surface area (Å²) in [5.41, 5.74) is 1.68. The molecule has 1 atom stereocenters. The monoisotopic (exact) mass is 343 g/mol. The molecular formula is C21H24ClO2. The number of hydrogen-bond acceptors (Lipinski definition) is 2. The van der Waals surface area contributed by atoms with Crippen molar-refractivity contribution in [2.75, 3.05) is 7.11 Å². The van der Waals surface area contributed by atoms with Gasteiger partial charge in [0.15, 0.2) is 0 Å². The average Bonchev–Trinajstić information content (AvgIpc) is 2.53. The van der Waals surface area contributed by atoms with E-state index in [0.717, 1.165) is 16.9 Å². The molecule has 0 aliphatic rings. The minimum atomic E-state index is -0.397. The number of halogens is 1. The summed E-state index contributed by atoms with van der Waals surface area (Å²) in [7, 11) is 1.64. The van der Waals surface area contributed by atoms with Crippen LogP contribution in [0.2, 0.25) is 5.02 Å². The Hall–Kier alpha value is -1.80. The highest BCUT2D eigenvalue weighted by Gasteiger charge is 2.30. The van der Waals surface area contributed by atoms with Crippen molar-refractivity contribution >= 4 is 17.4 Å². The molecule has 2 aromatic carbocycles. The van der Waals surface area contributed by atoms with Crippen LogP contribution in [0.15, 0.2) is 48.5 Å². The van der Waals surface area contributed by atoms with E-state index < -0.39 is 5.41 Å². The molecule has 0 saturated carbocycles. The summed E-state index contributed by atoms with van der Waals surface area (Å²) in [6.45, 7) is 5.88. The van der Waals surface area contributed by atoms with Crippen LogP contribution >= 0.6 is 11.6 Å². The van der Waals surface area contributed by atoms with Gasteiger partial charge in [0, 0.05) is 22.8 Å². The summed E-state index contributed by atoms with van der Waals surface area (Å²) in [5.74, 6) is 0.829. The Kier molecular flexibility index (Phi) is 6.06. The fraction of sp³-hybridized carbons (Fsp3) is 0.333. The quantitative estimate of drug-likeness (QED) is 0.704. The Morgan fingerprint density at radius 3 is 2.38 bits per heavy atom. The molecular weight excluding hydrogens is 320 g/mol. The number of ketones is 1. The first-order valence-electron chi connectivity index (χ1n) is 8.07. The van der Waals surface area contributed by atoms with E-state index in [-0.39, 0.29) is 11.7 Å². The predicted octanol–water partition coefficient (Wildman–Crippen LogP) is 5.38. The number of hydrogen-bond donors (Lipinski definition) is 0. The second kappa shape index (κ2) is 7.85. The van der Waals surface area contributed by atoms with E-state index in [0.29, 0.717) is 11.4 Å². The van der Waals surface area contributed by atoms with Crippen LogP contribution in [0.25, 0.3) is 0 Å². The van der Waals surface area contributed by atoms with Crippen molar-refractivity contribution in [3.05, 3.63) is 71.1 Å². The number of carbonyl (C=O) groups is 1. The molecule has 0 N–H and O–H groups in total. The summed E-state index contributed by atoms with van der Waals surface area (Å²) in [6, 6.07) is 15.5. The van der Waals surface area contributed by atoms with Gasteiger partial charge in [0.1, 0.15) is 11.5 Å². The normalized spacial score (nSPS) is 12.7. The van der Waals surface area contributed by atoms with Gasteiger partial charge in [-0.05, 0) is 41.8 Å². The lowest BCUT2D eigenvalue weighted by molar-refractivity contribution is -0.129. The molecule has 127 valence electrons. The SMILES string of the molecule is COc1ccc([CH][C@@H](Cc2cccc(Cl)c2)C(=O)C(C)(C)C)cc1. The molecule has 2 aromatic rings. The fourth-order valence-electron chi connectivity index (χ4n) is 2.65. The highest BCUT2D eigenvalue weighted by Crippen LogP contribution is 2.28. The molecule has 0 aliphatic heterocycles. The Morgan fingerprint density at radius 1 is 1.17 bits per heavy atom. The van der Waals surface area contributed by atoms with Crippen molar-refractivity contribution in [2.24, 2.45) is 11.3 Å². The Balaban J connectivity index is 2.23. The van der Waals surface area contributed by atoms with Crippen LogP contribution in [0, 0.1) is 17.8 Å². The minimum Gasteiger partial charge on any atom is -0.497 e. The molecule has 0 aromatic heterocycles. The van der Waals surface area contributed by atoms with Gasteiger partial charge in [-0.15, -0.1) is 0 Å². The van der Waals surface area contributed by atoms with Gasteiger partial charge in [0.2, 0.25) is 0 Å². The third-order valence-electron chi connectivity index (χ3n) is 3.93. The summed E-state index contributed by atoms with van der Waals surface area (Å²) in [5, 5.41) is 0.693. The molecule has 0 saturated heterocycles. The van der Waals surface area contributed by atoms with Gasteiger partial charge in [-0.3, -0.25) is 4.79 Å². The molecule has 24 heavy (non-hydrogen) atoms. The van der Waals surface area contributed by atoms with Gasteiger partial charge in [-0.25, -0.2) is 0 Å². The van der Waals surface area contributed by atoms with Crippen molar-refractivity contribution in [2.45, 2.75) is 27.2 Å². The zero-order valence-electron chi connectivity index (χ0n) is 14.7. The zero-order chi connectivity index (χ0) is 17.7. The van der Waals surface area contributed by atoms with Crippen molar-refractivity contribution in [1.29, 1.82) is 0 Å². The molecule has 2 rings (SSSR count). The van der Waals surface area contributed by atoms with Crippen LogP contribution < -0.4 is 4.74 Å². The lowest BCUT2D eigenvalue weighted by atomic mass is 9.78. The van der Waals surface area contributed by atoms with E-state index in [1.54, 1.807) is 7.11 Å². The number of ether oxygens (including phenoxy) is 1. The minimum absolute atomic E-state index is 0.197. The van der Waals surface area contributed by atoms with Gasteiger partial charge in [0.05, 0.1) is 7.11 Å². The number of benzene rings is 2. The van der Waals surface area contributed by atoms with Gasteiger partial charge in [-0.1, -0.05) is 56.6 Å². The summed E-state index contributed by atoms with van der Waals surface area (Å²) in [4.78, 5) is 12.9. The molecule has 0 fully saturated rings. The maximum absolute atomic E-state index is 12.9. The Labute approximate surface area is 149 Å². The zero-order valence-corrected chi connectivity index (χ0v) is 15.4. The van der Waals surface area contributed by atoms with Crippen molar-refractivity contribution in [3.8, 4) is 5.75 Å². The van der Waals surface area contributed by atoms with E-state index in [1.807, 2.05) is 75.7 Å². The number of rotatable bonds is 6. The maximum Gasteiger partial charge on any atom is 0.142 e. The van der Waals surface area contributed by atoms with Crippen molar-refractivity contribution in [3.63, 3.8) is 0 Å². The number of methoxy groups -OCH3 is 1. The van der Waals surface area contributed by atoms with E-state index in [9.17, 15) is 4.79 Å². The third-order valence-corrected chi connectivity index (χ3v) is 4.17. The molecule has 2 nitrogen and oxygen atoms in total. The first-order chi connectivity index (χ1) is 11.3. The number of Topliss-reactive ketones (excluding diaryl/α,β-unsaturated/α-hetero) is 1. The van der Waals surface area contributed by atoms with Crippen LogP contribution in [0.4, 0.5) is 0 Å². The standard InChI is InChI=1S/C21H24ClO2/c1-21(2,3)20(23)17(13-16-6-5-7-18(22)14-16)12-15-8-10-19(24-4)11-9-15/h5-12,14,17H,13H2,1-4H3/t17-/m0/s1. The largest absolute Gasteiger partial charge is 0.497 e. The molecule has 0 bridgehead atoms. The smallest absolute Gasteiger partial charge is 0.142 e. The van der Waals surface area contributed by atoms with Crippen LogP contribution in [0.1, 0.15) is 31.9 Å². The highest BCUT2D eigenvalue weighted by atomic mass is 35.5. The second-order valence-corrected chi connectivity index (χ2v) is 7.43. The first kappa shape index (κ1) is 18.5. The molecule has 0 aliphatic carbocycles. The average molecular weight is 344 g/mol. The fourth-order valence-corrected chi connectivity index (χ4v) is 2.86. The lowest BCUT2D eigenvalue weighted by Crippen LogP contribution is -2.30. The van der Waals surface area contributed by atoms with Gasteiger partial charge in [-0.2, -0.15) is 0 Å². The van der Waals surface area contributed by atoms with Crippen molar-refractivity contribution in [1.82, 2.24) is 0 Å². The van der Waals surface area contributed by atoms with E-state index in [4.69, 9.17) is 16.3 Å². The summed E-state index contributed by atoms with van der Waals surface area (Å²) in [6.07, 6.45) is 2.68. The van der Waals surface area contributed by atoms with Crippen LogP contribution in [0.5, 0.6) is 5.75 Å². The van der Waals surface area contributed by atoms with E-state index >= 15 is 0 Å². The molecule has 0 spiro atoms. The highest BCUT2D eigenvalue weighted by molar-refractivity contribution is 6.30. The molecule has 0 amide bonds. The van der Waals surface area contributed by atoms with Gasteiger partial charge < -0.3 is 4.74 Å². The second-order valence-electron chi connectivity index (χ2n) is 6.99. The van der Waals surface area contributed by atoms with E-state index in [1.165, 1.54) is 0 Å². The van der Waals surface area contributed by atoms with Crippen LogP contribution in [-0.2, 0) is 11.2 Å². The third kappa shape index (κ3) is 5.10. The van der Waals surface area contributed by atoms with Crippen LogP contribution in [-0.4, -0.2) is 12.9 Å². The topological polar surface area (TPSA) is 26.3 Å². The van der Waals surface area contributed by atoms with Gasteiger partial charge >= 0.3 is 0 Å². The summed E-state index contributed by atoms with van der Waals surface area (Å²) >= 11 is 6.08. The first-order valence-corrected chi connectivity index (χ1v) is 8.45. The Bertz CT molecular complexity index is 684. The van der Waals surface area contributed by atoms with Crippen LogP contribution in [0.3, 0.4) is 0 Å². The van der Waals surface area contributed by atoms with E-state index in [2.05, 4.69) is 0 Å². The summed E-state index contributed by atoms with van der Waals surface area (Å²) < 4.78 is 5.19. The maximum atomic E-state index is 12.9. The molecule has 0 unspecified atom stereocenters. The number of carbonyl (C=O) groups excluding carboxylic acids is 1. The predicted molar refractivity (Wildman–Crippen MR) is 99.5 cm³/mol. The molecule has 0 heterocycles. The van der Waals surface area contributed by atoms with Crippen molar-refractivity contribution < 1.29 is 9.53 Å². The molecule has 3 heteroatoms. The Morgan fingerprint density at radius 2 is 1.83 bits per heavy atom.